The molecule has 0 unspecified atom stereocenters. The molecular formula is C27H33N3O4S. The molecule has 8 heteroatoms. The highest BCUT2D eigenvalue weighted by Gasteiger charge is 2.40. The van der Waals surface area contributed by atoms with Gasteiger partial charge >= 0.3 is 0 Å². The van der Waals surface area contributed by atoms with E-state index >= 15 is 0 Å². The van der Waals surface area contributed by atoms with Crippen molar-refractivity contribution in [2.45, 2.75) is 63.8 Å². The molecule has 186 valence electrons. The van der Waals surface area contributed by atoms with Gasteiger partial charge in [-0.15, -0.1) is 0 Å². The summed E-state index contributed by atoms with van der Waals surface area (Å²) in [6, 6.07) is 10.9. The molecule has 7 nitrogen and oxygen atoms in total. The van der Waals surface area contributed by atoms with E-state index in [1.54, 1.807) is 18.2 Å². The molecule has 2 amide bonds. The van der Waals surface area contributed by atoms with Crippen molar-refractivity contribution in [3.05, 3.63) is 53.1 Å². The number of hydrogen-bond donors (Lipinski definition) is 1. The van der Waals surface area contributed by atoms with Gasteiger partial charge in [0.05, 0.1) is 10.8 Å². The molecule has 5 rings (SSSR count). The topological polar surface area (TPSA) is 86.8 Å². The monoisotopic (exact) mass is 495 g/mol. The zero-order valence-corrected chi connectivity index (χ0v) is 21.4. The van der Waals surface area contributed by atoms with Gasteiger partial charge in [0.15, 0.2) is 0 Å². The fraction of sp³-hybridized carbons (Fsp3) is 0.481. The van der Waals surface area contributed by atoms with Crippen LogP contribution in [0.1, 0.15) is 49.3 Å². The Balaban J connectivity index is 1.32. The average molecular weight is 496 g/mol. The number of piperidine rings is 1. The van der Waals surface area contributed by atoms with Crippen LogP contribution in [-0.4, -0.2) is 43.7 Å². The first-order valence-electron chi connectivity index (χ1n) is 12.5. The van der Waals surface area contributed by atoms with E-state index in [0.29, 0.717) is 25.8 Å². The Bertz CT molecular complexity index is 1290. The molecule has 2 heterocycles. The van der Waals surface area contributed by atoms with E-state index in [4.69, 9.17) is 0 Å². The second-order valence-electron chi connectivity index (χ2n) is 10.3. The van der Waals surface area contributed by atoms with Crippen molar-refractivity contribution in [3.8, 4) is 0 Å². The fourth-order valence-electron chi connectivity index (χ4n) is 5.28. The van der Waals surface area contributed by atoms with Crippen LogP contribution in [0.4, 0.5) is 11.4 Å². The molecule has 2 fully saturated rings. The molecule has 0 bridgehead atoms. The molecule has 0 aromatic heterocycles. The summed E-state index contributed by atoms with van der Waals surface area (Å²) in [6.07, 6.45) is 3.82. The van der Waals surface area contributed by atoms with Crippen molar-refractivity contribution in [1.29, 1.82) is 0 Å². The second-order valence-corrected chi connectivity index (χ2v) is 12.2. The quantitative estimate of drug-likeness (QED) is 0.679. The number of carbonyl (C=O) groups excluding carboxylic acids is 2. The van der Waals surface area contributed by atoms with Crippen LogP contribution in [0.3, 0.4) is 0 Å². The SMILES string of the molecule is Cc1cccc(NC(=O)[C@@H]2CCCN(S(=O)(=O)c3ccc4c(c3)C[C@@H](C)N4C(=O)C3CC3)C2)c1C. The van der Waals surface area contributed by atoms with E-state index in [1.165, 1.54) is 4.31 Å². The van der Waals surface area contributed by atoms with Crippen molar-refractivity contribution in [2.75, 3.05) is 23.3 Å². The molecule has 1 N–H and O–H groups in total. The molecule has 1 aliphatic carbocycles. The molecule has 1 saturated carbocycles. The summed E-state index contributed by atoms with van der Waals surface area (Å²) in [7, 11) is -3.75. The zero-order chi connectivity index (χ0) is 24.9. The number of benzene rings is 2. The Hall–Kier alpha value is -2.71. The lowest BCUT2D eigenvalue weighted by Crippen LogP contribution is -2.43. The van der Waals surface area contributed by atoms with Gasteiger partial charge in [-0.25, -0.2) is 8.42 Å². The Morgan fingerprint density at radius 3 is 2.54 bits per heavy atom. The van der Waals surface area contributed by atoms with Crippen LogP contribution in [-0.2, 0) is 26.0 Å². The van der Waals surface area contributed by atoms with Crippen molar-refractivity contribution in [1.82, 2.24) is 4.31 Å². The molecular weight excluding hydrogens is 462 g/mol. The third kappa shape index (κ3) is 4.49. The van der Waals surface area contributed by atoms with E-state index in [-0.39, 0.29) is 35.2 Å². The predicted molar refractivity (Wildman–Crippen MR) is 136 cm³/mol. The summed E-state index contributed by atoms with van der Waals surface area (Å²) in [4.78, 5) is 27.8. The number of nitrogens with zero attached hydrogens (tertiary/aromatic N) is 2. The first-order valence-corrected chi connectivity index (χ1v) is 13.9. The average Bonchev–Trinajstić information content (AvgIpc) is 3.63. The Morgan fingerprint density at radius 2 is 1.80 bits per heavy atom. The largest absolute Gasteiger partial charge is 0.326 e. The van der Waals surface area contributed by atoms with Crippen LogP contribution in [0.15, 0.2) is 41.3 Å². The van der Waals surface area contributed by atoms with Crippen LogP contribution in [0.2, 0.25) is 0 Å². The summed E-state index contributed by atoms with van der Waals surface area (Å²) in [6.45, 7) is 6.54. The molecule has 0 radical (unpaired) electrons. The molecule has 1 saturated heterocycles. The summed E-state index contributed by atoms with van der Waals surface area (Å²) in [5.74, 6) is -0.275. The Morgan fingerprint density at radius 1 is 1.03 bits per heavy atom. The molecule has 2 aromatic rings. The number of fused-ring (bicyclic) bond motifs is 1. The fourth-order valence-corrected chi connectivity index (χ4v) is 6.85. The van der Waals surface area contributed by atoms with Gasteiger partial charge in [0.25, 0.3) is 0 Å². The normalized spacial score (nSPS) is 22.7. The van der Waals surface area contributed by atoms with Crippen LogP contribution in [0.5, 0.6) is 0 Å². The highest BCUT2D eigenvalue weighted by molar-refractivity contribution is 7.89. The number of nitrogens with one attached hydrogen (secondary N) is 1. The number of carbonyl (C=O) groups is 2. The van der Waals surface area contributed by atoms with E-state index in [9.17, 15) is 18.0 Å². The minimum Gasteiger partial charge on any atom is -0.326 e. The number of hydrogen-bond acceptors (Lipinski definition) is 4. The predicted octanol–water partition coefficient (Wildman–Crippen LogP) is 4.03. The van der Waals surface area contributed by atoms with E-state index in [0.717, 1.165) is 40.9 Å². The van der Waals surface area contributed by atoms with Crippen molar-refractivity contribution < 1.29 is 18.0 Å². The maximum atomic E-state index is 13.5. The van der Waals surface area contributed by atoms with Crippen LogP contribution < -0.4 is 10.2 Å². The van der Waals surface area contributed by atoms with Gasteiger partial charge in [-0.05, 0) is 93.8 Å². The van der Waals surface area contributed by atoms with Gasteiger partial charge in [-0.3, -0.25) is 9.59 Å². The third-order valence-corrected chi connectivity index (χ3v) is 9.55. The van der Waals surface area contributed by atoms with Crippen molar-refractivity contribution >= 4 is 33.2 Å². The second kappa shape index (κ2) is 9.06. The van der Waals surface area contributed by atoms with Gasteiger partial charge in [0.1, 0.15) is 0 Å². The third-order valence-electron chi connectivity index (χ3n) is 7.69. The lowest BCUT2D eigenvalue weighted by Gasteiger charge is -2.31. The minimum absolute atomic E-state index is 0.0317. The van der Waals surface area contributed by atoms with Gasteiger partial charge in [0, 0.05) is 36.4 Å². The maximum Gasteiger partial charge on any atom is 0.243 e. The van der Waals surface area contributed by atoms with Gasteiger partial charge in [-0.1, -0.05) is 12.1 Å². The summed E-state index contributed by atoms with van der Waals surface area (Å²) in [5, 5.41) is 3.00. The number of anilines is 2. The molecule has 2 atom stereocenters. The zero-order valence-electron chi connectivity index (χ0n) is 20.6. The number of rotatable bonds is 5. The molecule has 0 spiro atoms. The van der Waals surface area contributed by atoms with Crippen molar-refractivity contribution in [2.24, 2.45) is 11.8 Å². The van der Waals surface area contributed by atoms with Gasteiger partial charge < -0.3 is 10.2 Å². The molecule has 35 heavy (non-hydrogen) atoms. The Labute approximate surface area is 207 Å². The number of sulfonamides is 1. The van der Waals surface area contributed by atoms with E-state index in [1.807, 2.05) is 43.9 Å². The molecule has 2 aliphatic heterocycles. The van der Waals surface area contributed by atoms with E-state index in [2.05, 4.69) is 5.32 Å². The first kappa shape index (κ1) is 24.0. The maximum absolute atomic E-state index is 13.5. The Kier molecular flexibility index (Phi) is 6.21. The first-order chi connectivity index (χ1) is 16.7. The molecule has 2 aromatic carbocycles. The smallest absolute Gasteiger partial charge is 0.243 e. The van der Waals surface area contributed by atoms with Gasteiger partial charge in [0.2, 0.25) is 21.8 Å². The number of aryl methyl sites for hydroxylation is 1. The lowest BCUT2D eigenvalue weighted by molar-refractivity contribution is -0.121. The van der Waals surface area contributed by atoms with Crippen LogP contribution in [0, 0.1) is 25.7 Å². The van der Waals surface area contributed by atoms with Crippen LogP contribution >= 0.6 is 0 Å². The van der Waals surface area contributed by atoms with Gasteiger partial charge in [-0.2, -0.15) is 4.31 Å². The molecule has 3 aliphatic rings. The minimum atomic E-state index is -3.75. The van der Waals surface area contributed by atoms with Crippen LogP contribution in [0.25, 0.3) is 0 Å². The standard InChI is InChI=1S/C27H33N3O4S/c1-17-6-4-8-24(19(17)3)28-26(31)21-7-5-13-29(16-21)35(33,34)23-11-12-25-22(15-23)14-18(2)30(25)27(32)20-9-10-20/h4,6,8,11-12,15,18,20-21H,5,7,9-10,13-14,16H2,1-3H3,(H,28,31)/t18-,21-/m1/s1. The highest BCUT2D eigenvalue weighted by atomic mass is 32.2. The summed E-state index contributed by atoms with van der Waals surface area (Å²) < 4.78 is 28.5. The van der Waals surface area contributed by atoms with Crippen molar-refractivity contribution in [3.63, 3.8) is 0 Å². The summed E-state index contributed by atoms with van der Waals surface area (Å²) >= 11 is 0. The van der Waals surface area contributed by atoms with E-state index < -0.39 is 15.9 Å². The summed E-state index contributed by atoms with van der Waals surface area (Å²) in [5.41, 5.74) is 4.61. The lowest BCUT2D eigenvalue weighted by atomic mass is 9.98. The highest BCUT2D eigenvalue weighted by Crippen LogP contribution is 2.40. The number of amides is 2.